The van der Waals surface area contributed by atoms with Gasteiger partial charge in [0.25, 0.3) is 0 Å². The summed E-state index contributed by atoms with van der Waals surface area (Å²) in [5, 5.41) is 8.91. The number of aromatic nitrogens is 1. The predicted molar refractivity (Wildman–Crippen MR) is 97.7 cm³/mol. The fourth-order valence-corrected chi connectivity index (χ4v) is 3.54. The first-order chi connectivity index (χ1) is 11.4. The molecule has 0 aliphatic rings. The second-order valence-corrected chi connectivity index (χ2v) is 7.10. The van der Waals surface area contributed by atoms with Crippen LogP contribution in [0.5, 0.6) is 0 Å². The van der Waals surface area contributed by atoms with E-state index in [1.807, 2.05) is 6.07 Å². The van der Waals surface area contributed by atoms with Gasteiger partial charge in [-0.1, -0.05) is 30.4 Å². The molecule has 0 bridgehead atoms. The number of hydrogen-bond acceptors (Lipinski definition) is 4. The lowest BCUT2D eigenvalue weighted by atomic mass is 10.0. The number of H-pyrrole nitrogens is 1. The molecule has 1 aromatic carbocycles. The largest absolute Gasteiger partial charge is 0.481 e. The maximum atomic E-state index is 11.9. The molecule has 0 saturated carbocycles. The summed E-state index contributed by atoms with van der Waals surface area (Å²) in [5.41, 5.74) is 4.25. The number of hydrogen-bond donors (Lipinski definition) is 2. The standard InChI is InChI=1S/C18H24N2O3S/c1-4-8-20(9-7-16(21)22)11-15-17(19-18(23)24-15)14-6-5-12(2)13(3)10-14/h5-6,10H,4,7-9,11H2,1-3H3,(H,19,23)(H,21,22). The molecule has 130 valence electrons. The molecular formula is C18H24N2O3S. The van der Waals surface area contributed by atoms with E-state index in [4.69, 9.17) is 5.11 Å². The van der Waals surface area contributed by atoms with Gasteiger partial charge in [0.15, 0.2) is 0 Å². The Hall–Kier alpha value is -1.92. The summed E-state index contributed by atoms with van der Waals surface area (Å²) in [5.74, 6) is -0.798. The third-order valence-electron chi connectivity index (χ3n) is 4.07. The molecule has 2 aromatic rings. The van der Waals surface area contributed by atoms with Crippen molar-refractivity contribution in [2.24, 2.45) is 0 Å². The van der Waals surface area contributed by atoms with E-state index >= 15 is 0 Å². The lowest BCUT2D eigenvalue weighted by Crippen LogP contribution is -2.26. The molecule has 6 heteroatoms. The van der Waals surface area contributed by atoms with Crippen molar-refractivity contribution in [3.05, 3.63) is 43.9 Å². The lowest BCUT2D eigenvalue weighted by molar-refractivity contribution is -0.137. The fourth-order valence-electron chi connectivity index (χ4n) is 2.64. The highest BCUT2D eigenvalue weighted by Gasteiger charge is 2.15. The molecule has 2 rings (SSSR count). The first-order valence-electron chi connectivity index (χ1n) is 8.14. The number of carboxylic acid groups (broad SMARTS) is 1. The molecule has 1 aromatic heterocycles. The highest BCUT2D eigenvalue weighted by atomic mass is 32.1. The van der Waals surface area contributed by atoms with Crippen LogP contribution in [0.4, 0.5) is 0 Å². The molecule has 24 heavy (non-hydrogen) atoms. The number of carbonyl (C=O) groups is 1. The van der Waals surface area contributed by atoms with Crippen molar-refractivity contribution in [3.8, 4) is 11.3 Å². The Morgan fingerprint density at radius 2 is 2.00 bits per heavy atom. The number of thiazole rings is 1. The minimum absolute atomic E-state index is 0.0760. The van der Waals surface area contributed by atoms with Crippen LogP contribution in [-0.4, -0.2) is 34.0 Å². The van der Waals surface area contributed by atoms with E-state index in [0.29, 0.717) is 13.1 Å². The smallest absolute Gasteiger partial charge is 0.305 e. The normalized spacial score (nSPS) is 11.2. The molecule has 0 atom stereocenters. The minimum atomic E-state index is -0.798. The van der Waals surface area contributed by atoms with Crippen molar-refractivity contribution >= 4 is 17.3 Å². The summed E-state index contributed by atoms with van der Waals surface area (Å²) in [4.78, 5) is 28.7. The van der Waals surface area contributed by atoms with Gasteiger partial charge in [-0.3, -0.25) is 14.5 Å². The van der Waals surface area contributed by atoms with Gasteiger partial charge in [-0.05, 0) is 49.6 Å². The van der Waals surface area contributed by atoms with Crippen molar-refractivity contribution < 1.29 is 9.90 Å². The highest BCUT2D eigenvalue weighted by Crippen LogP contribution is 2.26. The third kappa shape index (κ3) is 4.79. The van der Waals surface area contributed by atoms with E-state index in [0.717, 1.165) is 29.1 Å². The Bertz CT molecular complexity index is 764. The van der Waals surface area contributed by atoms with E-state index in [1.165, 1.54) is 22.5 Å². The van der Waals surface area contributed by atoms with Gasteiger partial charge in [0, 0.05) is 18.0 Å². The number of aliphatic carboxylic acids is 1. The van der Waals surface area contributed by atoms with E-state index in [2.05, 4.69) is 42.8 Å². The zero-order chi connectivity index (χ0) is 17.7. The Labute approximate surface area is 146 Å². The molecule has 0 unspecified atom stereocenters. The topological polar surface area (TPSA) is 73.4 Å². The average Bonchev–Trinajstić information content (AvgIpc) is 2.88. The first kappa shape index (κ1) is 18.4. The van der Waals surface area contributed by atoms with Crippen LogP contribution in [-0.2, 0) is 11.3 Å². The zero-order valence-electron chi connectivity index (χ0n) is 14.4. The molecule has 0 saturated heterocycles. The molecule has 5 nitrogen and oxygen atoms in total. The van der Waals surface area contributed by atoms with Crippen LogP contribution < -0.4 is 4.87 Å². The summed E-state index contributed by atoms with van der Waals surface area (Å²) in [6.07, 6.45) is 1.05. The van der Waals surface area contributed by atoms with Crippen LogP contribution in [0, 0.1) is 13.8 Å². The van der Waals surface area contributed by atoms with Crippen LogP contribution in [0.2, 0.25) is 0 Å². The second-order valence-electron chi connectivity index (χ2n) is 6.03. The van der Waals surface area contributed by atoms with Gasteiger partial charge >= 0.3 is 10.8 Å². The van der Waals surface area contributed by atoms with Crippen LogP contribution >= 0.6 is 11.3 Å². The van der Waals surface area contributed by atoms with Crippen molar-refractivity contribution in [2.45, 2.75) is 40.2 Å². The SMILES string of the molecule is CCCN(CCC(=O)O)Cc1sc(=O)[nH]c1-c1ccc(C)c(C)c1. The number of nitrogens with zero attached hydrogens (tertiary/aromatic N) is 1. The Morgan fingerprint density at radius 1 is 1.25 bits per heavy atom. The van der Waals surface area contributed by atoms with Crippen LogP contribution in [0.25, 0.3) is 11.3 Å². The molecule has 1 heterocycles. The Kier molecular flexibility index (Phi) is 6.34. The Balaban J connectivity index is 2.27. The number of aromatic amines is 1. The monoisotopic (exact) mass is 348 g/mol. The number of carboxylic acids is 1. The molecular weight excluding hydrogens is 324 g/mol. The van der Waals surface area contributed by atoms with E-state index in [9.17, 15) is 9.59 Å². The number of nitrogens with one attached hydrogen (secondary N) is 1. The fraction of sp³-hybridized carbons (Fsp3) is 0.444. The quantitative estimate of drug-likeness (QED) is 0.767. The summed E-state index contributed by atoms with van der Waals surface area (Å²) < 4.78 is 0. The van der Waals surface area contributed by atoms with Crippen molar-refractivity contribution in [1.29, 1.82) is 0 Å². The maximum Gasteiger partial charge on any atom is 0.305 e. The second kappa shape index (κ2) is 8.26. The molecule has 2 N–H and O–H groups in total. The highest BCUT2D eigenvalue weighted by molar-refractivity contribution is 7.09. The van der Waals surface area contributed by atoms with Crippen LogP contribution in [0.3, 0.4) is 0 Å². The van der Waals surface area contributed by atoms with E-state index in [-0.39, 0.29) is 11.3 Å². The number of rotatable bonds is 8. The van der Waals surface area contributed by atoms with E-state index < -0.39 is 5.97 Å². The van der Waals surface area contributed by atoms with Crippen molar-refractivity contribution in [3.63, 3.8) is 0 Å². The van der Waals surface area contributed by atoms with E-state index in [1.54, 1.807) is 0 Å². The summed E-state index contributed by atoms with van der Waals surface area (Å²) >= 11 is 1.21. The van der Waals surface area contributed by atoms with Crippen LogP contribution in [0.1, 0.15) is 35.8 Å². The molecule has 0 aliphatic carbocycles. The van der Waals surface area contributed by atoms with Crippen LogP contribution in [0.15, 0.2) is 23.0 Å². The van der Waals surface area contributed by atoms with Crippen molar-refractivity contribution in [1.82, 2.24) is 9.88 Å². The van der Waals surface area contributed by atoms with Crippen molar-refractivity contribution in [2.75, 3.05) is 13.1 Å². The van der Waals surface area contributed by atoms with Gasteiger partial charge in [-0.15, -0.1) is 0 Å². The predicted octanol–water partition coefficient (Wildman–Crippen LogP) is 3.41. The minimum Gasteiger partial charge on any atom is -0.481 e. The summed E-state index contributed by atoms with van der Waals surface area (Å²) in [6.45, 7) is 8.07. The molecule has 0 amide bonds. The van der Waals surface area contributed by atoms with Gasteiger partial charge in [0.1, 0.15) is 0 Å². The van der Waals surface area contributed by atoms with Gasteiger partial charge in [0.05, 0.1) is 12.1 Å². The average molecular weight is 348 g/mol. The summed E-state index contributed by atoms with van der Waals surface area (Å²) in [7, 11) is 0. The maximum absolute atomic E-state index is 11.9. The number of aryl methyl sites for hydroxylation is 2. The summed E-state index contributed by atoms with van der Waals surface area (Å²) in [6, 6.07) is 6.15. The lowest BCUT2D eigenvalue weighted by Gasteiger charge is -2.20. The number of benzene rings is 1. The van der Waals surface area contributed by atoms with Gasteiger partial charge in [-0.2, -0.15) is 0 Å². The van der Waals surface area contributed by atoms with Gasteiger partial charge < -0.3 is 10.1 Å². The first-order valence-corrected chi connectivity index (χ1v) is 8.96. The third-order valence-corrected chi connectivity index (χ3v) is 4.93. The Morgan fingerprint density at radius 3 is 2.62 bits per heavy atom. The van der Waals surface area contributed by atoms with Gasteiger partial charge in [0.2, 0.25) is 0 Å². The molecule has 0 aliphatic heterocycles. The molecule has 0 fully saturated rings. The molecule has 0 spiro atoms. The van der Waals surface area contributed by atoms with Gasteiger partial charge in [-0.25, -0.2) is 0 Å². The zero-order valence-corrected chi connectivity index (χ0v) is 15.2. The molecule has 0 radical (unpaired) electrons.